The summed E-state index contributed by atoms with van der Waals surface area (Å²) in [6, 6.07) is 0.413. The van der Waals surface area contributed by atoms with E-state index in [-0.39, 0.29) is 29.1 Å². The molecule has 9 heteroatoms. The smallest absolute Gasteiger partial charge is 0.371 e. The third-order valence-electron chi connectivity index (χ3n) is 2.86. The monoisotopic (exact) mass is 292 g/mol. The third kappa shape index (κ3) is 3.21. The molecular weight excluding hydrogens is 276 g/mol. The van der Waals surface area contributed by atoms with Gasteiger partial charge in [0.15, 0.2) is 0 Å². The summed E-state index contributed by atoms with van der Waals surface area (Å²) < 4.78 is 15.6. The first-order valence-electron chi connectivity index (χ1n) is 5.59. The normalized spacial score (nSPS) is 17.4. The van der Waals surface area contributed by atoms with Crippen molar-refractivity contribution in [2.24, 2.45) is 0 Å². The maximum Gasteiger partial charge on any atom is 0.371 e. The summed E-state index contributed by atoms with van der Waals surface area (Å²) in [5, 5.41) is 0. The second-order valence-corrected chi connectivity index (χ2v) is 3.74. The topological polar surface area (TPSA) is 75.6 Å². The number of methoxy groups -OCH3 is 2. The van der Waals surface area contributed by atoms with Crippen molar-refractivity contribution >= 4 is 5.95 Å². The van der Waals surface area contributed by atoms with Crippen LogP contribution in [0.1, 0.15) is 0 Å². The Hall–Kier alpha value is -1.22. The summed E-state index contributed by atoms with van der Waals surface area (Å²) in [6.07, 6.45) is 0. The van der Waals surface area contributed by atoms with Crippen molar-refractivity contribution in [3.8, 4) is 12.0 Å². The quantitative estimate of drug-likeness (QED) is 0.541. The Balaban J connectivity index is 0.00000180. The van der Waals surface area contributed by atoms with Gasteiger partial charge in [0.25, 0.3) is 0 Å². The van der Waals surface area contributed by atoms with Crippen molar-refractivity contribution in [3.63, 3.8) is 0 Å². The Morgan fingerprint density at radius 3 is 1.89 bits per heavy atom. The molecule has 1 aliphatic rings. The highest BCUT2D eigenvalue weighted by atomic mass is 35.5. The summed E-state index contributed by atoms with van der Waals surface area (Å²) in [5.74, 6) is 0.463. The zero-order valence-electron chi connectivity index (χ0n) is 11.1. The minimum atomic E-state index is 0. The zero-order chi connectivity index (χ0) is 13.0. The average molecular weight is 293 g/mol. The molecule has 0 amide bonds. The van der Waals surface area contributed by atoms with Gasteiger partial charge >= 0.3 is 18.0 Å². The molecule has 0 spiro atoms. The molecule has 0 unspecified atom stereocenters. The van der Waals surface area contributed by atoms with E-state index in [9.17, 15) is 0 Å². The first-order chi connectivity index (χ1) is 8.74. The molecule has 0 radical (unpaired) electrons. The van der Waals surface area contributed by atoms with Gasteiger partial charge < -0.3 is 26.6 Å². The van der Waals surface area contributed by atoms with Crippen molar-refractivity contribution in [2.45, 2.75) is 0 Å². The van der Waals surface area contributed by atoms with Gasteiger partial charge in [-0.15, -0.1) is 19.6 Å². The van der Waals surface area contributed by atoms with Crippen molar-refractivity contribution in [2.75, 3.05) is 47.6 Å². The van der Waals surface area contributed by atoms with E-state index >= 15 is 0 Å². The molecule has 0 bridgehead atoms. The van der Waals surface area contributed by atoms with E-state index in [1.54, 1.807) is 7.11 Å². The van der Waals surface area contributed by atoms with Gasteiger partial charge in [0.1, 0.15) is 13.1 Å². The molecule has 0 aliphatic carbocycles. The molecular formula is C10H17ClN4O4. The Morgan fingerprint density at radius 1 is 0.947 bits per heavy atom. The number of hydroxylamine groups is 2. The molecule has 1 aliphatic heterocycles. The standard InChI is InChI=1S/C10H17N4O4.ClH/c1-15-9-11-8(12-10(13-9)16-2)14(17-3)4-6-18-7-5-14;/h4-7H2,1-3H3;1H/q+1;/p-1. The summed E-state index contributed by atoms with van der Waals surface area (Å²) in [7, 11) is 4.61. The number of hydrogen-bond donors (Lipinski definition) is 0. The summed E-state index contributed by atoms with van der Waals surface area (Å²) in [5.41, 5.74) is 0. The van der Waals surface area contributed by atoms with E-state index in [2.05, 4.69) is 15.0 Å². The number of quaternary nitrogens is 1. The van der Waals surface area contributed by atoms with Crippen LogP contribution >= 0.6 is 0 Å². The molecule has 1 saturated heterocycles. The lowest BCUT2D eigenvalue weighted by atomic mass is 10.4. The van der Waals surface area contributed by atoms with Gasteiger partial charge in [0, 0.05) is 0 Å². The minimum absolute atomic E-state index is 0. The SMILES string of the molecule is COc1nc(OC)nc([N+]2(OC)CCOCC2)n1.[Cl-]. The van der Waals surface area contributed by atoms with Crippen LogP contribution in [-0.4, -0.2) is 62.6 Å². The Kier molecular flexibility index (Phi) is 5.67. The van der Waals surface area contributed by atoms with E-state index in [4.69, 9.17) is 19.0 Å². The van der Waals surface area contributed by atoms with Crippen LogP contribution in [0.3, 0.4) is 0 Å². The lowest BCUT2D eigenvalue weighted by Gasteiger charge is -2.33. The van der Waals surface area contributed by atoms with E-state index in [0.717, 1.165) is 0 Å². The molecule has 108 valence electrons. The molecule has 1 aromatic rings. The molecule has 0 saturated carbocycles. The van der Waals surface area contributed by atoms with Crippen LogP contribution in [0.4, 0.5) is 5.95 Å². The lowest BCUT2D eigenvalue weighted by Crippen LogP contribution is -3.00. The van der Waals surface area contributed by atoms with Crippen molar-refractivity contribution < 1.29 is 31.5 Å². The van der Waals surface area contributed by atoms with E-state index in [0.29, 0.717) is 32.3 Å². The minimum Gasteiger partial charge on any atom is -1.00 e. The Bertz CT molecular complexity index is 392. The highest BCUT2D eigenvalue weighted by Gasteiger charge is 2.39. The molecule has 0 atom stereocenters. The predicted molar refractivity (Wildman–Crippen MR) is 62.3 cm³/mol. The maximum absolute atomic E-state index is 5.56. The van der Waals surface area contributed by atoms with Crippen LogP contribution in [0, 0.1) is 0 Å². The van der Waals surface area contributed by atoms with Gasteiger partial charge in [0.2, 0.25) is 0 Å². The number of nitrogens with zero attached hydrogens (tertiary/aromatic N) is 4. The second-order valence-electron chi connectivity index (χ2n) is 3.74. The fourth-order valence-corrected chi connectivity index (χ4v) is 1.79. The molecule has 1 aromatic heterocycles. The van der Waals surface area contributed by atoms with Crippen molar-refractivity contribution in [1.82, 2.24) is 19.6 Å². The number of halogens is 1. The fraction of sp³-hybridized carbons (Fsp3) is 0.700. The zero-order valence-corrected chi connectivity index (χ0v) is 11.9. The molecule has 1 fully saturated rings. The highest BCUT2D eigenvalue weighted by Crippen LogP contribution is 2.24. The predicted octanol–water partition coefficient (Wildman–Crippen LogP) is -3.21. The molecule has 0 aromatic carbocycles. The van der Waals surface area contributed by atoms with Crippen LogP contribution in [-0.2, 0) is 9.57 Å². The van der Waals surface area contributed by atoms with Crippen LogP contribution in [0.25, 0.3) is 0 Å². The average Bonchev–Trinajstić information content (AvgIpc) is 2.47. The maximum atomic E-state index is 5.56. The van der Waals surface area contributed by atoms with Gasteiger partial charge in [0.05, 0.1) is 34.5 Å². The first-order valence-corrected chi connectivity index (χ1v) is 5.59. The van der Waals surface area contributed by atoms with Crippen LogP contribution in [0.15, 0.2) is 0 Å². The fourth-order valence-electron chi connectivity index (χ4n) is 1.79. The molecule has 2 rings (SSSR count). The molecule has 0 N–H and O–H groups in total. The lowest BCUT2D eigenvalue weighted by molar-refractivity contribution is -0.166. The van der Waals surface area contributed by atoms with Gasteiger partial charge in [-0.2, -0.15) is 4.84 Å². The summed E-state index contributed by atoms with van der Waals surface area (Å²) in [6.45, 7) is 2.44. The largest absolute Gasteiger partial charge is 1.00 e. The number of ether oxygens (including phenoxy) is 3. The van der Waals surface area contributed by atoms with Gasteiger partial charge in [-0.1, -0.05) is 0 Å². The summed E-state index contributed by atoms with van der Waals surface area (Å²) in [4.78, 5) is 18.0. The van der Waals surface area contributed by atoms with Gasteiger partial charge in [-0.05, 0) is 0 Å². The Labute approximate surface area is 117 Å². The van der Waals surface area contributed by atoms with Crippen molar-refractivity contribution in [1.29, 1.82) is 0 Å². The summed E-state index contributed by atoms with van der Waals surface area (Å²) >= 11 is 0. The Morgan fingerprint density at radius 2 is 1.47 bits per heavy atom. The van der Waals surface area contributed by atoms with Crippen molar-refractivity contribution in [3.05, 3.63) is 0 Å². The van der Waals surface area contributed by atoms with Gasteiger partial charge in [-0.25, -0.2) is 0 Å². The molecule has 2 heterocycles. The number of morpholine rings is 1. The van der Waals surface area contributed by atoms with Crippen LogP contribution in [0.2, 0.25) is 0 Å². The van der Waals surface area contributed by atoms with Gasteiger partial charge in [-0.3, -0.25) is 0 Å². The van der Waals surface area contributed by atoms with E-state index < -0.39 is 0 Å². The molecule has 19 heavy (non-hydrogen) atoms. The third-order valence-corrected chi connectivity index (χ3v) is 2.86. The first kappa shape index (κ1) is 15.8. The highest BCUT2D eigenvalue weighted by molar-refractivity contribution is 5.26. The number of rotatable bonds is 4. The number of hydrogen-bond acceptors (Lipinski definition) is 7. The van der Waals surface area contributed by atoms with E-state index in [1.807, 2.05) is 0 Å². The second kappa shape index (κ2) is 6.80. The van der Waals surface area contributed by atoms with E-state index in [1.165, 1.54) is 14.2 Å². The van der Waals surface area contributed by atoms with Crippen LogP contribution < -0.4 is 26.5 Å². The molecule has 8 nitrogen and oxygen atoms in total. The number of aromatic nitrogens is 3. The van der Waals surface area contributed by atoms with Crippen LogP contribution in [0.5, 0.6) is 12.0 Å².